The van der Waals surface area contributed by atoms with E-state index < -0.39 is 0 Å². The summed E-state index contributed by atoms with van der Waals surface area (Å²) in [5.41, 5.74) is 4.85. The van der Waals surface area contributed by atoms with Crippen molar-refractivity contribution >= 4 is 11.6 Å². The van der Waals surface area contributed by atoms with Gasteiger partial charge in [0.15, 0.2) is 0 Å². The van der Waals surface area contributed by atoms with E-state index in [0.717, 1.165) is 35.9 Å². The van der Waals surface area contributed by atoms with E-state index in [-0.39, 0.29) is 5.41 Å². The van der Waals surface area contributed by atoms with E-state index in [1.165, 1.54) is 11.1 Å². The molecule has 0 spiro atoms. The molecule has 0 saturated carbocycles. The Morgan fingerprint density at radius 3 is 2.27 bits per heavy atom. The molecule has 0 bridgehead atoms. The third-order valence-electron chi connectivity index (χ3n) is 3.94. The fraction of sp³-hybridized carbons (Fsp3) is 0.500. The number of hydrogen-bond donors (Lipinski definition) is 1. The van der Waals surface area contributed by atoms with E-state index in [0.29, 0.717) is 0 Å². The first-order valence-corrected chi connectivity index (χ1v) is 8.21. The summed E-state index contributed by atoms with van der Waals surface area (Å²) in [5.74, 6) is 0. The molecule has 0 saturated heterocycles. The lowest BCUT2D eigenvalue weighted by molar-refractivity contribution is 0.589. The van der Waals surface area contributed by atoms with E-state index in [1.807, 2.05) is 11.7 Å². The van der Waals surface area contributed by atoms with Gasteiger partial charge in [-0.15, -0.1) is 0 Å². The van der Waals surface area contributed by atoms with Crippen LogP contribution in [0.4, 0.5) is 0 Å². The van der Waals surface area contributed by atoms with Crippen molar-refractivity contribution in [2.45, 2.75) is 52.6 Å². The first kappa shape index (κ1) is 17.0. The monoisotopic (exact) mass is 319 g/mol. The number of aryl methyl sites for hydroxylation is 2. The largest absolute Gasteiger partial charge is 0.307 e. The minimum Gasteiger partial charge on any atom is -0.307 e. The number of hydrogen-bond acceptors (Lipinski definition) is 2. The maximum Gasteiger partial charge on any atom is 0.0863 e. The standard InChI is InChI=1S/C18H26ClN3/c1-6-15-17(19)16(22(5)21-15)12-20-11-13-7-9-14(10-8-13)18(2,3)4/h7-10,20H,6,11-12H2,1-5H3. The summed E-state index contributed by atoms with van der Waals surface area (Å²) in [4.78, 5) is 0. The smallest absolute Gasteiger partial charge is 0.0863 e. The molecule has 2 rings (SSSR count). The zero-order chi connectivity index (χ0) is 16.3. The van der Waals surface area contributed by atoms with Gasteiger partial charge in [-0.3, -0.25) is 4.68 Å². The molecule has 0 fully saturated rings. The quantitative estimate of drug-likeness (QED) is 0.894. The van der Waals surface area contributed by atoms with Crippen LogP contribution < -0.4 is 5.32 Å². The lowest BCUT2D eigenvalue weighted by Gasteiger charge is -2.19. The second-order valence-corrected chi connectivity index (χ2v) is 7.11. The molecule has 0 unspecified atom stereocenters. The number of aromatic nitrogens is 2. The molecule has 4 heteroatoms. The second kappa shape index (κ2) is 6.84. The molecule has 1 aromatic carbocycles. The SMILES string of the molecule is CCc1nn(C)c(CNCc2ccc(C(C)(C)C)cc2)c1Cl. The maximum atomic E-state index is 6.36. The van der Waals surface area contributed by atoms with Crippen LogP contribution >= 0.6 is 11.6 Å². The van der Waals surface area contributed by atoms with E-state index in [1.54, 1.807) is 0 Å². The molecule has 3 nitrogen and oxygen atoms in total. The maximum absolute atomic E-state index is 6.36. The first-order valence-electron chi connectivity index (χ1n) is 7.83. The Morgan fingerprint density at radius 2 is 1.77 bits per heavy atom. The molecule has 2 aromatic rings. The van der Waals surface area contributed by atoms with E-state index >= 15 is 0 Å². The molecule has 0 amide bonds. The van der Waals surface area contributed by atoms with E-state index in [9.17, 15) is 0 Å². The van der Waals surface area contributed by atoms with Gasteiger partial charge in [0, 0.05) is 20.1 Å². The Morgan fingerprint density at radius 1 is 1.14 bits per heavy atom. The average Bonchev–Trinajstić information content (AvgIpc) is 2.74. The van der Waals surface area contributed by atoms with Gasteiger partial charge >= 0.3 is 0 Å². The minimum absolute atomic E-state index is 0.199. The van der Waals surface area contributed by atoms with Crippen molar-refractivity contribution in [2.24, 2.45) is 7.05 Å². The van der Waals surface area contributed by atoms with Gasteiger partial charge in [-0.05, 0) is 23.0 Å². The van der Waals surface area contributed by atoms with Gasteiger partial charge in [0.25, 0.3) is 0 Å². The summed E-state index contributed by atoms with van der Waals surface area (Å²) >= 11 is 6.36. The fourth-order valence-corrected chi connectivity index (χ4v) is 2.82. The summed E-state index contributed by atoms with van der Waals surface area (Å²) < 4.78 is 1.87. The number of halogens is 1. The topological polar surface area (TPSA) is 29.9 Å². The predicted molar refractivity (Wildman–Crippen MR) is 93.3 cm³/mol. The predicted octanol–water partition coefficient (Wildman–Crippen LogP) is 4.22. The Labute approximate surface area is 138 Å². The molecule has 0 aliphatic heterocycles. The molecule has 22 heavy (non-hydrogen) atoms. The summed E-state index contributed by atoms with van der Waals surface area (Å²) in [6.45, 7) is 10.3. The van der Waals surface area contributed by atoms with Gasteiger partial charge < -0.3 is 5.32 Å². The molecule has 0 aliphatic carbocycles. The molecule has 0 atom stereocenters. The normalized spacial score (nSPS) is 11.9. The van der Waals surface area contributed by atoms with Gasteiger partial charge in [-0.1, -0.05) is 63.6 Å². The van der Waals surface area contributed by atoms with Crippen molar-refractivity contribution in [3.05, 3.63) is 51.8 Å². The van der Waals surface area contributed by atoms with Crippen LogP contribution in [-0.4, -0.2) is 9.78 Å². The molecular formula is C18H26ClN3. The van der Waals surface area contributed by atoms with Crippen LogP contribution in [0.1, 0.15) is 50.2 Å². The summed E-state index contributed by atoms with van der Waals surface area (Å²) in [6.07, 6.45) is 0.862. The summed E-state index contributed by atoms with van der Waals surface area (Å²) in [7, 11) is 1.94. The Balaban J connectivity index is 1.96. The van der Waals surface area contributed by atoms with Gasteiger partial charge in [0.2, 0.25) is 0 Å². The lowest BCUT2D eigenvalue weighted by atomic mass is 9.87. The molecule has 1 heterocycles. The number of nitrogens with one attached hydrogen (secondary N) is 1. The lowest BCUT2D eigenvalue weighted by Crippen LogP contribution is -2.16. The van der Waals surface area contributed by atoms with Gasteiger partial charge in [0.1, 0.15) is 0 Å². The number of benzene rings is 1. The first-order chi connectivity index (χ1) is 10.3. The highest BCUT2D eigenvalue weighted by molar-refractivity contribution is 6.31. The van der Waals surface area contributed by atoms with Crippen LogP contribution in [0.2, 0.25) is 5.02 Å². The van der Waals surface area contributed by atoms with Crippen molar-refractivity contribution in [3.63, 3.8) is 0 Å². The Bertz CT molecular complexity index is 621. The van der Waals surface area contributed by atoms with Crippen LogP contribution in [0.25, 0.3) is 0 Å². The van der Waals surface area contributed by atoms with Gasteiger partial charge in [0.05, 0.1) is 16.4 Å². The van der Waals surface area contributed by atoms with Crippen molar-refractivity contribution in [3.8, 4) is 0 Å². The number of rotatable bonds is 5. The van der Waals surface area contributed by atoms with E-state index in [2.05, 4.69) is 62.4 Å². The highest BCUT2D eigenvalue weighted by Crippen LogP contribution is 2.23. The average molecular weight is 320 g/mol. The van der Waals surface area contributed by atoms with Gasteiger partial charge in [-0.25, -0.2) is 0 Å². The Hall–Kier alpha value is -1.32. The highest BCUT2D eigenvalue weighted by Gasteiger charge is 2.14. The minimum atomic E-state index is 0.199. The fourth-order valence-electron chi connectivity index (χ4n) is 2.46. The van der Waals surface area contributed by atoms with E-state index in [4.69, 9.17) is 11.6 Å². The molecule has 0 radical (unpaired) electrons. The van der Waals surface area contributed by atoms with Gasteiger partial charge in [-0.2, -0.15) is 5.10 Å². The zero-order valence-corrected chi connectivity index (χ0v) is 15.0. The van der Waals surface area contributed by atoms with Crippen LogP contribution in [0.15, 0.2) is 24.3 Å². The summed E-state index contributed by atoms with van der Waals surface area (Å²) in [5, 5.41) is 8.68. The zero-order valence-electron chi connectivity index (χ0n) is 14.2. The highest BCUT2D eigenvalue weighted by atomic mass is 35.5. The molecule has 0 aliphatic rings. The molecule has 120 valence electrons. The van der Waals surface area contributed by atoms with Crippen molar-refractivity contribution in [1.82, 2.24) is 15.1 Å². The molecular weight excluding hydrogens is 294 g/mol. The van der Waals surface area contributed by atoms with Crippen molar-refractivity contribution < 1.29 is 0 Å². The summed E-state index contributed by atoms with van der Waals surface area (Å²) in [6, 6.07) is 8.80. The van der Waals surface area contributed by atoms with Crippen molar-refractivity contribution in [1.29, 1.82) is 0 Å². The van der Waals surface area contributed by atoms with Crippen molar-refractivity contribution in [2.75, 3.05) is 0 Å². The van der Waals surface area contributed by atoms with Crippen LogP contribution in [0.5, 0.6) is 0 Å². The molecule has 1 N–H and O–H groups in total. The Kier molecular flexibility index (Phi) is 5.30. The second-order valence-electron chi connectivity index (χ2n) is 6.74. The number of nitrogens with zero attached hydrogens (tertiary/aromatic N) is 2. The van der Waals surface area contributed by atoms with Crippen LogP contribution in [0.3, 0.4) is 0 Å². The van der Waals surface area contributed by atoms with Crippen LogP contribution in [-0.2, 0) is 32.0 Å². The third-order valence-corrected chi connectivity index (χ3v) is 4.38. The van der Waals surface area contributed by atoms with Crippen LogP contribution in [0, 0.1) is 0 Å². The third kappa shape index (κ3) is 3.90. The molecule has 1 aromatic heterocycles.